The van der Waals surface area contributed by atoms with E-state index >= 15 is 0 Å². The molecule has 5 heteroatoms. The summed E-state index contributed by atoms with van der Waals surface area (Å²) in [4.78, 5) is 12.1. The van der Waals surface area contributed by atoms with E-state index < -0.39 is 0 Å². The molecule has 0 radical (unpaired) electrons. The lowest BCUT2D eigenvalue weighted by molar-refractivity contribution is -0.123. The molecule has 0 amide bonds. The number of hydrogen-bond acceptors (Lipinski definition) is 3. The molecule has 0 aromatic carbocycles. The van der Waals surface area contributed by atoms with Crippen molar-refractivity contribution in [3.8, 4) is 0 Å². The predicted octanol–water partition coefficient (Wildman–Crippen LogP) is 1.23. The highest BCUT2D eigenvalue weighted by atomic mass is 35.5. The van der Waals surface area contributed by atoms with Crippen LogP contribution in [-0.2, 0) is 18.3 Å². The molecule has 0 atom stereocenters. The lowest BCUT2D eigenvalue weighted by atomic mass is 9.97. The number of hydrogen-bond donors (Lipinski definition) is 1. The Bertz CT molecular complexity index is 435. The number of nitrogens with two attached hydrogens (primary N) is 1. The fourth-order valence-corrected chi connectivity index (χ4v) is 2.19. The number of aryl methyl sites for hydroxylation is 2. The smallest absolute Gasteiger partial charge is 0.146 e. The molecular weight excluding hydrogens is 226 g/mol. The Labute approximate surface area is 99.8 Å². The van der Waals surface area contributed by atoms with Gasteiger partial charge in [0, 0.05) is 19.0 Å². The number of ketones is 1. The molecule has 1 aliphatic rings. The topological polar surface area (TPSA) is 60.9 Å². The van der Waals surface area contributed by atoms with Gasteiger partial charge in [-0.1, -0.05) is 11.6 Å². The zero-order valence-electron chi connectivity index (χ0n) is 9.59. The molecule has 0 aliphatic heterocycles. The van der Waals surface area contributed by atoms with Crippen molar-refractivity contribution in [1.29, 1.82) is 0 Å². The second kappa shape index (κ2) is 3.86. The molecule has 1 aromatic rings. The normalized spacial score (nSPS) is 17.5. The van der Waals surface area contributed by atoms with Crippen molar-refractivity contribution in [3.63, 3.8) is 0 Å². The van der Waals surface area contributed by atoms with E-state index in [9.17, 15) is 4.79 Å². The van der Waals surface area contributed by atoms with Gasteiger partial charge in [-0.05, 0) is 19.8 Å². The summed E-state index contributed by atoms with van der Waals surface area (Å²) in [5, 5.41) is 4.79. The first-order chi connectivity index (χ1) is 7.50. The fraction of sp³-hybridized carbons (Fsp3) is 0.636. The quantitative estimate of drug-likeness (QED) is 0.863. The third-order valence-electron chi connectivity index (χ3n) is 3.43. The number of rotatable bonds is 4. The van der Waals surface area contributed by atoms with Gasteiger partial charge in [-0.2, -0.15) is 5.10 Å². The summed E-state index contributed by atoms with van der Waals surface area (Å²) in [6.45, 7) is 2.28. The SMILES string of the molecule is Cc1nn(C)c(CC(=O)C2(CN)CC2)c1Cl. The molecule has 2 rings (SSSR count). The van der Waals surface area contributed by atoms with Gasteiger partial charge in [0.15, 0.2) is 0 Å². The van der Waals surface area contributed by atoms with Crippen molar-refractivity contribution >= 4 is 17.4 Å². The standard InChI is InChI=1S/C11H16ClN3O/c1-7-10(12)8(15(2)14-7)5-9(16)11(6-13)3-4-11/h3-6,13H2,1-2H3. The third-order valence-corrected chi connectivity index (χ3v) is 3.92. The summed E-state index contributed by atoms with van der Waals surface area (Å²) in [7, 11) is 1.81. The third kappa shape index (κ3) is 1.76. The predicted molar refractivity (Wildman–Crippen MR) is 62.4 cm³/mol. The second-order valence-electron chi connectivity index (χ2n) is 4.55. The van der Waals surface area contributed by atoms with E-state index in [4.69, 9.17) is 17.3 Å². The molecular formula is C11H16ClN3O. The van der Waals surface area contributed by atoms with Crippen LogP contribution in [0.5, 0.6) is 0 Å². The number of carbonyl (C=O) groups excluding carboxylic acids is 1. The van der Waals surface area contributed by atoms with Crippen molar-refractivity contribution in [3.05, 3.63) is 16.4 Å². The molecule has 16 heavy (non-hydrogen) atoms. The Balaban J connectivity index is 2.18. The van der Waals surface area contributed by atoms with Gasteiger partial charge in [0.25, 0.3) is 0 Å². The van der Waals surface area contributed by atoms with Crippen LogP contribution in [0.2, 0.25) is 5.02 Å². The van der Waals surface area contributed by atoms with Crippen molar-refractivity contribution in [2.75, 3.05) is 6.54 Å². The highest BCUT2D eigenvalue weighted by Crippen LogP contribution is 2.46. The van der Waals surface area contributed by atoms with Crippen LogP contribution in [0.4, 0.5) is 0 Å². The average Bonchev–Trinajstić information content (AvgIpc) is 3.00. The van der Waals surface area contributed by atoms with Crippen molar-refractivity contribution in [2.45, 2.75) is 26.2 Å². The molecule has 1 saturated carbocycles. The van der Waals surface area contributed by atoms with Crippen molar-refractivity contribution < 1.29 is 4.79 Å². The number of aromatic nitrogens is 2. The minimum absolute atomic E-state index is 0.194. The maximum Gasteiger partial charge on any atom is 0.146 e. The van der Waals surface area contributed by atoms with Gasteiger partial charge >= 0.3 is 0 Å². The van der Waals surface area contributed by atoms with Crippen molar-refractivity contribution in [1.82, 2.24) is 9.78 Å². The lowest BCUT2D eigenvalue weighted by Gasteiger charge is -2.10. The largest absolute Gasteiger partial charge is 0.329 e. The first-order valence-corrected chi connectivity index (χ1v) is 5.79. The van der Waals surface area contributed by atoms with Crippen molar-refractivity contribution in [2.24, 2.45) is 18.2 Å². The lowest BCUT2D eigenvalue weighted by Crippen LogP contribution is -2.27. The van der Waals surface area contributed by atoms with Crippen LogP contribution < -0.4 is 5.73 Å². The van der Waals surface area contributed by atoms with Crippen LogP contribution in [0.3, 0.4) is 0 Å². The van der Waals surface area contributed by atoms with Gasteiger partial charge < -0.3 is 5.73 Å². The molecule has 1 aromatic heterocycles. The van der Waals surface area contributed by atoms with E-state index in [-0.39, 0.29) is 11.2 Å². The highest BCUT2D eigenvalue weighted by molar-refractivity contribution is 6.32. The maximum absolute atomic E-state index is 12.1. The van der Waals surface area contributed by atoms with E-state index in [0.29, 0.717) is 18.0 Å². The number of carbonyl (C=O) groups is 1. The Hall–Kier alpha value is -0.870. The second-order valence-corrected chi connectivity index (χ2v) is 4.93. The van der Waals surface area contributed by atoms with Crippen LogP contribution in [0.15, 0.2) is 0 Å². The van der Waals surface area contributed by atoms with Crippen LogP contribution in [0, 0.1) is 12.3 Å². The van der Waals surface area contributed by atoms with E-state index in [1.54, 1.807) is 4.68 Å². The van der Waals surface area contributed by atoms with Crippen LogP contribution >= 0.6 is 11.6 Å². The average molecular weight is 242 g/mol. The van der Waals surface area contributed by atoms with E-state index in [1.165, 1.54) is 0 Å². The van der Waals surface area contributed by atoms with Gasteiger partial charge in [0.05, 0.1) is 22.8 Å². The molecule has 1 aliphatic carbocycles. The Morgan fingerprint density at radius 3 is 2.62 bits per heavy atom. The van der Waals surface area contributed by atoms with Gasteiger partial charge in [-0.25, -0.2) is 0 Å². The van der Waals surface area contributed by atoms with Gasteiger partial charge in [0.2, 0.25) is 0 Å². The maximum atomic E-state index is 12.1. The fourth-order valence-electron chi connectivity index (χ4n) is 1.96. The van der Waals surface area contributed by atoms with Crippen LogP contribution in [-0.4, -0.2) is 22.1 Å². The first-order valence-electron chi connectivity index (χ1n) is 5.41. The summed E-state index contributed by atoms with van der Waals surface area (Å²) in [6, 6.07) is 0. The first kappa shape index (κ1) is 11.6. The Morgan fingerprint density at radius 2 is 2.25 bits per heavy atom. The molecule has 4 nitrogen and oxygen atoms in total. The van der Waals surface area contributed by atoms with Crippen LogP contribution in [0.25, 0.3) is 0 Å². The van der Waals surface area contributed by atoms with E-state index in [1.807, 2.05) is 14.0 Å². The minimum Gasteiger partial charge on any atom is -0.329 e. The summed E-state index contributed by atoms with van der Waals surface area (Å²) in [6.07, 6.45) is 2.17. The Morgan fingerprint density at radius 1 is 1.62 bits per heavy atom. The molecule has 1 heterocycles. The van der Waals surface area contributed by atoms with Gasteiger partial charge in [-0.15, -0.1) is 0 Å². The summed E-state index contributed by atoms with van der Waals surface area (Å²) in [5.74, 6) is 0.194. The van der Waals surface area contributed by atoms with Crippen LogP contribution in [0.1, 0.15) is 24.2 Å². The molecule has 0 bridgehead atoms. The number of nitrogens with zero attached hydrogens (tertiary/aromatic N) is 2. The minimum atomic E-state index is -0.262. The highest BCUT2D eigenvalue weighted by Gasteiger charge is 2.48. The molecule has 2 N–H and O–H groups in total. The molecule has 0 spiro atoms. The summed E-state index contributed by atoms with van der Waals surface area (Å²) < 4.78 is 1.68. The zero-order valence-corrected chi connectivity index (χ0v) is 10.3. The summed E-state index contributed by atoms with van der Waals surface area (Å²) >= 11 is 6.11. The molecule has 88 valence electrons. The van der Waals surface area contributed by atoms with E-state index in [0.717, 1.165) is 24.2 Å². The van der Waals surface area contributed by atoms with E-state index in [2.05, 4.69) is 5.10 Å². The number of halogens is 1. The molecule has 1 fully saturated rings. The van der Waals surface area contributed by atoms with Gasteiger partial charge in [0.1, 0.15) is 5.78 Å². The van der Waals surface area contributed by atoms with Gasteiger partial charge in [-0.3, -0.25) is 9.48 Å². The molecule has 0 saturated heterocycles. The number of Topliss-reactive ketones (excluding diaryl/α,β-unsaturated/α-hetero) is 1. The molecule has 0 unspecified atom stereocenters. The Kier molecular flexibility index (Phi) is 2.80. The zero-order chi connectivity index (χ0) is 11.9. The summed E-state index contributed by atoms with van der Waals surface area (Å²) in [5.41, 5.74) is 6.93. The monoisotopic (exact) mass is 241 g/mol.